The van der Waals surface area contributed by atoms with E-state index in [2.05, 4.69) is 26.2 Å². The number of rotatable bonds is 2. The molecule has 2 aliphatic rings. The van der Waals surface area contributed by atoms with Crippen LogP contribution < -0.4 is 10.1 Å². The number of hydrogen-bond donors (Lipinski definition) is 2. The zero-order chi connectivity index (χ0) is 12.8. The van der Waals surface area contributed by atoms with Crippen molar-refractivity contribution in [1.82, 2.24) is 4.98 Å². The van der Waals surface area contributed by atoms with Gasteiger partial charge in [0.15, 0.2) is 17.7 Å². The van der Waals surface area contributed by atoms with Crippen LogP contribution in [0.15, 0.2) is 16.7 Å². The number of halogens is 1. The first-order chi connectivity index (χ1) is 8.64. The number of aliphatic hydroxyl groups is 1. The number of amides is 1. The highest BCUT2D eigenvalue weighted by Crippen LogP contribution is 2.39. The predicted octanol–water partition coefficient (Wildman–Crippen LogP) is 0.552. The van der Waals surface area contributed by atoms with Crippen molar-refractivity contribution >= 4 is 27.7 Å². The van der Waals surface area contributed by atoms with E-state index >= 15 is 0 Å². The molecule has 96 valence electrons. The topological polar surface area (TPSA) is 80.7 Å². The van der Waals surface area contributed by atoms with Gasteiger partial charge in [-0.05, 0) is 22.0 Å². The second-order valence-corrected chi connectivity index (χ2v) is 5.42. The number of fused-ring (bicyclic) bond motifs is 1. The van der Waals surface area contributed by atoms with E-state index in [9.17, 15) is 9.90 Å². The summed E-state index contributed by atoms with van der Waals surface area (Å²) in [5, 5.41) is 12.1. The van der Waals surface area contributed by atoms with Gasteiger partial charge in [0, 0.05) is 10.7 Å². The van der Waals surface area contributed by atoms with Crippen molar-refractivity contribution < 1.29 is 19.4 Å². The molecule has 0 aromatic carbocycles. The summed E-state index contributed by atoms with van der Waals surface area (Å²) in [6, 6.07) is 1.74. The molecule has 2 N–H and O–H groups in total. The Kier molecular flexibility index (Phi) is 2.76. The van der Waals surface area contributed by atoms with E-state index in [1.54, 1.807) is 12.3 Å². The van der Waals surface area contributed by atoms with Crippen molar-refractivity contribution in [1.29, 1.82) is 0 Å². The lowest BCUT2D eigenvalue weighted by molar-refractivity contribution is -0.188. The third kappa shape index (κ3) is 1.70. The van der Waals surface area contributed by atoms with E-state index in [4.69, 9.17) is 9.47 Å². The zero-order valence-corrected chi connectivity index (χ0v) is 10.9. The number of anilines is 1. The highest BCUT2D eigenvalue weighted by molar-refractivity contribution is 9.10. The van der Waals surface area contributed by atoms with Gasteiger partial charge in [0.2, 0.25) is 0 Å². The minimum atomic E-state index is -0.750. The van der Waals surface area contributed by atoms with E-state index in [0.717, 1.165) is 4.47 Å². The third-order valence-electron chi connectivity index (χ3n) is 3.19. The normalized spacial score (nSPS) is 24.6. The number of carbonyl (C=O) groups is 1. The average molecular weight is 315 g/mol. The van der Waals surface area contributed by atoms with Crippen LogP contribution >= 0.6 is 15.9 Å². The molecule has 1 aromatic heterocycles. The van der Waals surface area contributed by atoms with Crippen LogP contribution in [0.1, 0.15) is 0 Å². The molecule has 1 unspecified atom stereocenters. The molecule has 3 heterocycles. The van der Waals surface area contributed by atoms with E-state index in [-0.39, 0.29) is 12.5 Å². The summed E-state index contributed by atoms with van der Waals surface area (Å²) in [6.45, 7) is 0.485. The molecular formula is C11H11BrN2O4. The summed E-state index contributed by atoms with van der Waals surface area (Å²) < 4.78 is 11.5. The van der Waals surface area contributed by atoms with Crippen LogP contribution in [0.25, 0.3) is 0 Å². The maximum Gasteiger partial charge on any atom is 0.267 e. The van der Waals surface area contributed by atoms with Gasteiger partial charge in [0.1, 0.15) is 0 Å². The molecule has 1 amide bonds. The molecule has 1 fully saturated rings. The van der Waals surface area contributed by atoms with E-state index in [1.165, 1.54) is 0 Å². The van der Waals surface area contributed by atoms with Crippen LogP contribution in [0.4, 0.5) is 5.82 Å². The molecule has 1 aromatic rings. The van der Waals surface area contributed by atoms with Gasteiger partial charge in [-0.1, -0.05) is 0 Å². The summed E-state index contributed by atoms with van der Waals surface area (Å²) in [5.74, 6) is 0.594. The number of pyridine rings is 1. The number of hydrogen-bond acceptors (Lipinski definition) is 5. The SMILES string of the molecule is O=C1Nc2ncc(Br)cc2OC1C1(CO)COC1. The zero-order valence-electron chi connectivity index (χ0n) is 9.35. The average Bonchev–Trinajstić information content (AvgIpc) is 2.29. The first-order valence-corrected chi connectivity index (χ1v) is 6.26. The molecule has 0 bridgehead atoms. The third-order valence-corrected chi connectivity index (χ3v) is 3.63. The van der Waals surface area contributed by atoms with Crippen molar-refractivity contribution in [3.63, 3.8) is 0 Å². The Hall–Kier alpha value is -1.18. The Morgan fingerprint density at radius 3 is 3.00 bits per heavy atom. The van der Waals surface area contributed by atoms with Gasteiger partial charge >= 0.3 is 0 Å². The lowest BCUT2D eigenvalue weighted by Crippen LogP contribution is -2.61. The number of aromatic nitrogens is 1. The van der Waals surface area contributed by atoms with Crippen LogP contribution in [0.5, 0.6) is 5.75 Å². The number of carbonyl (C=O) groups excluding carboxylic acids is 1. The lowest BCUT2D eigenvalue weighted by Gasteiger charge is -2.45. The highest BCUT2D eigenvalue weighted by atomic mass is 79.9. The fourth-order valence-electron chi connectivity index (χ4n) is 2.06. The maximum absolute atomic E-state index is 12.0. The number of ether oxygens (including phenoxy) is 2. The summed E-state index contributed by atoms with van der Waals surface area (Å²) in [7, 11) is 0. The molecule has 1 atom stereocenters. The predicted molar refractivity (Wildman–Crippen MR) is 65.3 cm³/mol. The van der Waals surface area contributed by atoms with E-state index < -0.39 is 11.5 Å². The van der Waals surface area contributed by atoms with Crippen LogP contribution in [0.3, 0.4) is 0 Å². The molecule has 1 saturated heterocycles. The number of aliphatic hydroxyl groups excluding tert-OH is 1. The first kappa shape index (κ1) is 11.9. The van der Waals surface area contributed by atoms with Gasteiger partial charge < -0.3 is 19.9 Å². The van der Waals surface area contributed by atoms with Crippen LogP contribution in [0, 0.1) is 5.41 Å². The molecule has 18 heavy (non-hydrogen) atoms. The van der Waals surface area contributed by atoms with Crippen molar-refractivity contribution in [2.24, 2.45) is 5.41 Å². The lowest BCUT2D eigenvalue weighted by atomic mass is 9.80. The molecule has 0 spiro atoms. The van der Waals surface area contributed by atoms with Gasteiger partial charge in [-0.2, -0.15) is 0 Å². The fraction of sp³-hybridized carbons (Fsp3) is 0.455. The Morgan fingerprint density at radius 1 is 1.61 bits per heavy atom. The Morgan fingerprint density at radius 2 is 2.39 bits per heavy atom. The number of nitrogens with zero attached hydrogens (tertiary/aromatic N) is 1. The van der Waals surface area contributed by atoms with Crippen molar-refractivity contribution in [3.8, 4) is 5.75 Å². The second-order valence-electron chi connectivity index (χ2n) is 4.50. The molecule has 6 nitrogen and oxygen atoms in total. The Bertz CT molecular complexity index is 498. The molecule has 7 heteroatoms. The summed E-state index contributed by atoms with van der Waals surface area (Å²) in [5.41, 5.74) is -0.649. The molecular weight excluding hydrogens is 304 g/mol. The molecule has 3 rings (SSSR count). The van der Waals surface area contributed by atoms with Gasteiger partial charge in [-0.3, -0.25) is 4.79 Å². The standard InChI is InChI=1S/C11H11BrN2O4/c12-6-1-7-9(13-2-6)14-10(16)8(18-7)11(3-15)4-17-5-11/h1-2,8,15H,3-5H2,(H,13,14,16). The van der Waals surface area contributed by atoms with Crippen LogP contribution in [-0.2, 0) is 9.53 Å². The minimum Gasteiger partial charge on any atom is -0.476 e. The highest BCUT2D eigenvalue weighted by Gasteiger charge is 2.52. The van der Waals surface area contributed by atoms with Gasteiger partial charge in [0.25, 0.3) is 5.91 Å². The molecule has 0 radical (unpaired) electrons. The summed E-state index contributed by atoms with van der Waals surface area (Å²) in [4.78, 5) is 16.0. The quantitative estimate of drug-likeness (QED) is 0.833. The van der Waals surface area contributed by atoms with Crippen LogP contribution in [0.2, 0.25) is 0 Å². The largest absolute Gasteiger partial charge is 0.476 e. The van der Waals surface area contributed by atoms with Crippen LogP contribution in [-0.4, -0.2) is 41.9 Å². The first-order valence-electron chi connectivity index (χ1n) is 5.46. The Balaban J connectivity index is 1.93. The second kappa shape index (κ2) is 4.18. The van der Waals surface area contributed by atoms with Gasteiger partial charge in [-0.15, -0.1) is 0 Å². The van der Waals surface area contributed by atoms with Crippen molar-refractivity contribution in [2.75, 3.05) is 25.1 Å². The smallest absolute Gasteiger partial charge is 0.267 e. The van der Waals surface area contributed by atoms with E-state index in [0.29, 0.717) is 24.8 Å². The monoisotopic (exact) mass is 314 g/mol. The summed E-state index contributed by atoms with van der Waals surface area (Å²) in [6.07, 6.45) is 0.830. The molecule has 0 aliphatic carbocycles. The Labute approximate surface area is 111 Å². The van der Waals surface area contributed by atoms with Crippen molar-refractivity contribution in [2.45, 2.75) is 6.10 Å². The molecule has 0 saturated carbocycles. The molecule has 2 aliphatic heterocycles. The maximum atomic E-state index is 12.0. The summed E-state index contributed by atoms with van der Waals surface area (Å²) >= 11 is 3.29. The van der Waals surface area contributed by atoms with Gasteiger partial charge in [-0.25, -0.2) is 4.98 Å². The number of nitrogens with one attached hydrogen (secondary N) is 1. The van der Waals surface area contributed by atoms with Crippen molar-refractivity contribution in [3.05, 3.63) is 16.7 Å². The van der Waals surface area contributed by atoms with E-state index in [1.807, 2.05) is 0 Å². The fourth-order valence-corrected chi connectivity index (χ4v) is 2.37. The van der Waals surface area contributed by atoms with Gasteiger partial charge in [0.05, 0.1) is 25.2 Å². The minimum absolute atomic E-state index is 0.151.